The fourth-order valence-electron chi connectivity index (χ4n) is 2.43. The molecule has 2 radical (unpaired) electrons. The third kappa shape index (κ3) is 7.79. The molecule has 0 fully saturated rings. The van der Waals surface area contributed by atoms with Crippen LogP contribution in [-0.4, -0.2) is 18.8 Å². The second-order valence-corrected chi connectivity index (χ2v) is 6.75. The van der Waals surface area contributed by atoms with Gasteiger partial charge in [0.05, 0.1) is 0 Å². The Bertz CT molecular complexity index is 660. The van der Waals surface area contributed by atoms with Crippen LogP contribution in [-0.2, 0) is 0 Å². The summed E-state index contributed by atoms with van der Waals surface area (Å²) < 4.78 is 0.954. The number of allylic oxidation sites excluding steroid dienone is 13. The first-order valence-electron chi connectivity index (χ1n) is 8.61. The molecule has 0 spiro atoms. The fourth-order valence-corrected chi connectivity index (χ4v) is 2.56. The van der Waals surface area contributed by atoms with Gasteiger partial charge in [0.15, 0.2) is 0 Å². The molecule has 130 valence electrons. The monoisotopic (exact) mass is 395 g/mol. The molecule has 0 aliphatic heterocycles. The molecule has 0 aromatic carbocycles. The van der Waals surface area contributed by atoms with Crippen molar-refractivity contribution < 1.29 is 0 Å². The molecule has 0 N–H and O–H groups in total. The summed E-state index contributed by atoms with van der Waals surface area (Å²) >= 11 is 3.47. The van der Waals surface area contributed by atoms with E-state index in [1.165, 1.54) is 0 Å². The Balaban J connectivity index is 3.19. The molecule has 3 heteroatoms. The Kier molecular flexibility index (Phi) is 10.0. The zero-order valence-corrected chi connectivity index (χ0v) is 17.0. The minimum Gasteiger partial charge on any atom is -0.339 e. The summed E-state index contributed by atoms with van der Waals surface area (Å²) in [5.41, 5.74) is 3.13. The number of nitrogens with zero attached hydrogens (tertiary/aromatic N) is 1. The molecule has 1 nitrogen and oxygen atoms in total. The van der Waals surface area contributed by atoms with Crippen molar-refractivity contribution in [3.05, 3.63) is 94.8 Å². The first kappa shape index (κ1) is 21.3. The van der Waals surface area contributed by atoms with E-state index in [1.54, 1.807) is 6.08 Å². The largest absolute Gasteiger partial charge is 0.339 e. The summed E-state index contributed by atoms with van der Waals surface area (Å²) in [7, 11) is 5.96. The van der Waals surface area contributed by atoms with Gasteiger partial charge in [-0.2, -0.15) is 0 Å². The van der Waals surface area contributed by atoms with E-state index in [-0.39, 0.29) is 6.04 Å². The minimum atomic E-state index is 0.206. The van der Waals surface area contributed by atoms with Crippen LogP contribution in [0.3, 0.4) is 0 Å². The van der Waals surface area contributed by atoms with E-state index in [0.717, 1.165) is 34.2 Å². The van der Waals surface area contributed by atoms with Crippen molar-refractivity contribution in [2.24, 2.45) is 0 Å². The predicted molar refractivity (Wildman–Crippen MR) is 117 cm³/mol. The van der Waals surface area contributed by atoms with Crippen molar-refractivity contribution in [2.45, 2.75) is 39.7 Å². The van der Waals surface area contributed by atoms with Gasteiger partial charge in [-0.25, -0.2) is 0 Å². The highest BCUT2D eigenvalue weighted by molar-refractivity contribution is 9.11. The zero-order valence-electron chi connectivity index (χ0n) is 15.5. The molecule has 0 saturated carbocycles. The summed E-state index contributed by atoms with van der Waals surface area (Å²) in [5, 5.41) is 0. The Morgan fingerprint density at radius 3 is 2.80 bits per heavy atom. The second kappa shape index (κ2) is 11.8. The van der Waals surface area contributed by atoms with Gasteiger partial charge in [0, 0.05) is 21.9 Å². The maximum absolute atomic E-state index is 5.96. The molecule has 0 heterocycles. The first-order chi connectivity index (χ1) is 12.0. The second-order valence-electron chi connectivity index (χ2n) is 5.84. The number of halogens is 1. The third-order valence-electron chi connectivity index (χ3n) is 3.73. The SMILES string of the molecule is [B]C1=CC=C(N(/C(C)=C/C=C(/Br)C=C)C(C)/C=C\C=C/CC)C=CC1. The highest BCUT2D eigenvalue weighted by atomic mass is 79.9. The van der Waals surface area contributed by atoms with Gasteiger partial charge in [0.25, 0.3) is 0 Å². The maximum atomic E-state index is 5.96. The molecule has 1 rings (SSSR count). The van der Waals surface area contributed by atoms with Gasteiger partial charge in [-0.1, -0.05) is 72.0 Å². The highest BCUT2D eigenvalue weighted by Gasteiger charge is 2.15. The standard InChI is InChI=1S/C22H27BBrN/c1-5-7-8-9-11-18(3)25(19(4)14-16-21(24)6-2)22-13-10-12-20(23)15-17-22/h6-11,13-18H,2,5,12H2,1,3-4H3/b8-7-,11-9-,19-14+,21-16+. The molecular weight excluding hydrogens is 369 g/mol. The maximum Gasteiger partial charge on any atom is 0.108 e. The van der Waals surface area contributed by atoms with Crippen LogP contribution in [0, 0.1) is 0 Å². The van der Waals surface area contributed by atoms with Crippen LogP contribution in [0.4, 0.5) is 0 Å². The van der Waals surface area contributed by atoms with E-state index in [0.29, 0.717) is 0 Å². The van der Waals surface area contributed by atoms with E-state index >= 15 is 0 Å². The van der Waals surface area contributed by atoms with Crippen LogP contribution < -0.4 is 0 Å². The first-order valence-corrected chi connectivity index (χ1v) is 9.40. The van der Waals surface area contributed by atoms with E-state index < -0.39 is 0 Å². The number of rotatable bonds is 8. The van der Waals surface area contributed by atoms with E-state index in [4.69, 9.17) is 7.85 Å². The Morgan fingerprint density at radius 1 is 1.36 bits per heavy atom. The minimum absolute atomic E-state index is 0.206. The third-order valence-corrected chi connectivity index (χ3v) is 4.32. The molecule has 0 amide bonds. The summed E-state index contributed by atoms with van der Waals surface area (Å²) in [6.45, 7) is 10.2. The fraction of sp³-hybridized carbons (Fsp3) is 0.273. The molecular formula is C22H27BBrN. The molecule has 0 bridgehead atoms. The lowest BCUT2D eigenvalue weighted by atomic mass is 9.93. The lowest BCUT2D eigenvalue weighted by molar-refractivity contribution is 0.394. The molecule has 1 atom stereocenters. The quantitative estimate of drug-likeness (QED) is 0.336. The van der Waals surface area contributed by atoms with E-state index in [2.05, 4.69) is 96.8 Å². The molecule has 1 unspecified atom stereocenters. The van der Waals surface area contributed by atoms with Gasteiger partial charge >= 0.3 is 0 Å². The normalized spacial score (nSPS) is 17.4. The molecule has 25 heavy (non-hydrogen) atoms. The van der Waals surface area contributed by atoms with Crippen LogP contribution in [0.1, 0.15) is 33.6 Å². The van der Waals surface area contributed by atoms with Gasteiger partial charge in [-0.3, -0.25) is 0 Å². The Hall–Kier alpha value is -1.74. The molecule has 1 aliphatic rings. The van der Waals surface area contributed by atoms with Gasteiger partial charge < -0.3 is 4.90 Å². The topological polar surface area (TPSA) is 3.24 Å². The van der Waals surface area contributed by atoms with Crippen LogP contribution in [0.25, 0.3) is 0 Å². The average Bonchev–Trinajstić information content (AvgIpc) is 2.81. The Morgan fingerprint density at radius 2 is 2.12 bits per heavy atom. The smallest absolute Gasteiger partial charge is 0.108 e. The lowest BCUT2D eigenvalue weighted by Crippen LogP contribution is -2.28. The van der Waals surface area contributed by atoms with Crippen molar-refractivity contribution in [1.82, 2.24) is 4.90 Å². The zero-order chi connectivity index (χ0) is 18.7. The van der Waals surface area contributed by atoms with Crippen molar-refractivity contribution in [3.8, 4) is 0 Å². The number of hydrogen-bond acceptors (Lipinski definition) is 1. The van der Waals surface area contributed by atoms with Crippen LogP contribution in [0.2, 0.25) is 0 Å². The van der Waals surface area contributed by atoms with Crippen LogP contribution in [0.15, 0.2) is 94.8 Å². The highest BCUT2D eigenvalue weighted by Crippen LogP contribution is 2.22. The van der Waals surface area contributed by atoms with Crippen LogP contribution >= 0.6 is 15.9 Å². The lowest BCUT2D eigenvalue weighted by Gasteiger charge is -2.31. The van der Waals surface area contributed by atoms with Crippen molar-refractivity contribution in [3.63, 3.8) is 0 Å². The van der Waals surface area contributed by atoms with Crippen molar-refractivity contribution in [2.75, 3.05) is 0 Å². The van der Waals surface area contributed by atoms with Crippen LogP contribution in [0.5, 0.6) is 0 Å². The number of hydrogen-bond donors (Lipinski definition) is 0. The van der Waals surface area contributed by atoms with Crippen molar-refractivity contribution >= 4 is 23.8 Å². The predicted octanol–water partition coefficient (Wildman–Crippen LogP) is 6.46. The molecule has 0 aromatic heterocycles. The molecule has 1 aliphatic carbocycles. The summed E-state index contributed by atoms with van der Waals surface area (Å²) in [6, 6.07) is 0.206. The Labute approximate surface area is 163 Å². The molecule has 0 saturated heterocycles. The van der Waals surface area contributed by atoms with Crippen molar-refractivity contribution in [1.29, 1.82) is 0 Å². The van der Waals surface area contributed by atoms with Gasteiger partial charge in [-0.15, -0.1) is 5.47 Å². The molecule has 0 aromatic rings. The van der Waals surface area contributed by atoms with Gasteiger partial charge in [0.2, 0.25) is 0 Å². The van der Waals surface area contributed by atoms with Gasteiger partial charge in [-0.05, 0) is 51.0 Å². The van der Waals surface area contributed by atoms with E-state index in [1.807, 2.05) is 12.2 Å². The average molecular weight is 396 g/mol. The summed E-state index contributed by atoms with van der Waals surface area (Å²) in [6.07, 6.45) is 24.5. The summed E-state index contributed by atoms with van der Waals surface area (Å²) in [5.74, 6) is 0. The van der Waals surface area contributed by atoms with E-state index in [9.17, 15) is 0 Å². The van der Waals surface area contributed by atoms with Gasteiger partial charge in [0.1, 0.15) is 7.85 Å². The summed E-state index contributed by atoms with van der Waals surface area (Å²) in [4.78, 5) is 2.29.